The molecule has 0 atom stereocenters. The molecule has 1 N–H and O–H groups in total. The van der Waals surface area contributed by atoms with Gasteiger partial charge in [-0.25, -0.2) is 9.37 Å². The Morgan fingerprint density at radius 2 is 2.12 bits per heavy atom. The van der Waals surface area contributed by atoms with E-state index in [9.17, 15) is 14.0 Å². The third-order valence-electron chi connectivity index (χ3n) is 4.60. The Hall–Kier alpha value is -2.44. The topological polar surface area (TPSA) is 66.7 Å². The molecule has 0 radical (unpaired) electrons. The van der Waals surface area contributed by atoms with Crippen LogP contribution in [0.15, 0.2) is 24.5 Å². The number of hydrogen-bond donors (Lipinski definition) is 1. The summed E-state index contributed by atoms with van der Waals surface area (Å²) in [5, 5.41) is 2.92. The maximum absolute atomic E-state index is 12.9. The maximum Gasteiger partial charge on any atom is 0.231 e. The largest absolute Gasteiger partial charge is 0.349 e. The SMILES string of the molecule is Cc1cccn2c(CC(=O)NC3CN(C(=O)C(C)(C)CF)C3)cnc12. The summed E-state index contributed by atoms with van der Waals surface area (Å²) in [4.78, 5) is 30.3. The van der Waals surface area contributed by atoms with Crippen molar-refractivity contribution in [3.8, 4) is 0 Å². The summed E-state index contributed by atoms with van der Waals surface area (Å²) < 4.78 is 14.8. The van der Waals surface area contributed by atoms with Gasteiger partial charge in [-0.2, -0.15) is 0 Å². The molecular formula is C18H23FN4O2. The maximum atomic E-state index is 12.9. The standard InChI is InChI=1S/C18H23FN4O2/c1-12-5-4-6-23-14(8-20-16(12)23)7-15(24)21-13-9-22(10-13)17(25)18(2,3)11-19/h4-6,8,13H,7,9-11H2,1-3H3,(H,21,24). The molecule has 6 nitrogen and oxygen atoms in total. The number of nitrogens with zero attached hydrogens (tertiary/aromatic N) is 3. The van der Waals surface area contributed by atoms with Crippen LogP contribution in [0.3, 0.4) is 0 Å². The van der Waals surface area contributed by atoms with Crippen molar-refractivity contribution in [1.29, 1.82) is 0 Å². The molecule has 1 aliphatic heterocycles. The molecule has 0 bridgehead atoms. The molecule has 0 unspecified atom stereocenters. The van der Waals surface area contributed by atoms with Crippen LogP contribution in [0.5, 0.6) is 0 Å². The van der Waals surface area contributed by atoms with Crippen LogP contribution in [-0.2, 0) is 16.0 Å². The number of likely N-dealkylation sites (tertiary alicyclic amines) is 1. The summed E-state index contributed by atoms with van der Waals surface area (Å²) >= 11 is 0. The van der Waals surface area contributed by atoms with Gasteiger partial charge in [0, 0.05) is 25.5 Å². The molecule has 0 aromatic carbocycles. The first-order valence-corrected chi connectivity index (χ1v) is 8.38. The van der Waals surface area contributed by atoms with Crippen molar-refractivity contribution in [3.63, 3.8) is 0 Å². The molecule has 7 heteroatoms. The van der Waals surface area contributed by atoms with E-state index in [0.717, 1.165) is 16.9 Å². The minimum absolute atomic E-state index is 0.0761. The molecule has 25 heavy (non-hydrogen) atoms. The zero-order valence-corrected chi connectivity index (χ0v) is 14.8. The molecule has 0 spiro atoms. The van der Waals surface area contributed by atoms with Crippen LogP contribution in [0.2, 0.25) is 0 Å². The molecule has 1 fully saturated rings. The zero-order chi connectivity index (χ0) is 18.2. The number of fused-ring (bicyclic) bond motifs is 1. The second-order valence-electron chi connectivity index (χ2n) is 7.30. The minimum Gasteiger partial charge on any atom is -0.349 e. The number of imidazole rings is 1. The summed E-state index contributed by atoms with van der Waals surface area (Å²) in [5.74, 6) is -0.317. The number of carbonyl (C=O) groups excluding carboxylic acids is 2. The van der Waals surface area contributed by atoms with Crippen LogP contribution in [0.4, 0.5) is 4.39 Å². The van der Waals surface area contributed by atoms with Crippen molar-refractivity contribution >= 4 is 17.5 Å². The zero-order valence-electron chi connectivity index (χ0n) is 14.8. The fourth-order valence-corrected chi connectivity index (χ4v) is 3.00. The first kappa shape index (κ1) is 17.4. The molecule has 1 saturated heterocycles. The monoisotopic (exact) mass is 346 g/mol. The van der Waals surface area contributed by atoms with Crippen molar-refractivity contribution in [3.05, 3.63) is 35.8 Å². The number of amides is 2. The smallest absolute Gasteiger partial charge is 0.231 e. The third-order valence-corrected chi connectivity index (χ3v) is 4.60. The van der Waals surface area contributed by atoms with Crippen LogP contribution in [0.25, 0.3) is 5.65 Å². The number of alkyl halides is 1. The Morgan fingerprint density at radius 3 is 2.80 bits per heavy atom. The summed E-state index contributed by atoms with van der Waals surface area (Å²) in [7, 11) is 0. The Labute approximate surface area is 146 Å². The van der Waals surface area contributed by atoms with Gasteiger partial charge in [0.1, 0.15) is 12.3 Å². The van der Waals surface area contributed by atoms with Gasteiger partial charge in [0.15, 0.2) is 0 Å². The lowest BCUT2D eigenvalue weighted by Crippen LogP contribution is -2.63. The van der Waals surface area contributed by atoms with Crippen LogP contribution in [-0.4, -0.2) is 51.9 Å². The van der Waals surface area contributed by atoms with E-state index in [-0.39, 0.29) is 24.3 Å². The Balaban J connectivity index is 1.54. The van der Waals surface area contributed by atoms with E-state index >= 15 is 0 Å². The lowest BCUT2D eigenvalue weighted by Gasteiger charge is -2.42. The van der Waals surface area contributed by atoms with E-state index in [4.69, 9.17) is 0 Å². The average Bonchev–Trinajstić information content (AvgIpc) is 2.94. The quantitative estimate of drug-likeness (QED) is 0.892. The van der Waals surface area contributed by atoms with E-state index in [1.165, 1.54) is 0 Å². The van der Waals surface area contributed by atoms with Gasteiger partial charge >= 0.3 is 0 Å². The average molecular weight is 346 g/mol. The van der Waals surface area contributed by atoms with Crippen molar-refractivity contribution < 1.29 is 14.0 Å². The fraction of sp³-hybridized carbons (Fsp3) is 0.500. The predicted octanol–water partition coefficient (Wildman–Crippen LogP) is 1.51. The number of nitrogens with one attached hydrogen (secondary N) is 1. The summed E-state index contributed by atoms with van der Waals surface area (Å²) in [6.45, 7) is 5.33. The molecule has 134 valence electrons. The molecule has 2 aromatic heterocycles. The Morgan fingerprint density at radius 1 is 1.40 bits per heavy atom. The lowest BCUT2D eigenvalue weighted by atomic mass is 9.91. The molecule has 3 heterocycles. The van der Waals surface area contributed by atoms with Gasteiger partial charge in [0.05, 0.1) is 23.6 Å². The van der Waals surface area contributed by atoms with Crippen molar-refractivity contribution in [2.45, 2.75) is 33.2 Å². The number of carbonyl (C=O) groups is 2. The first-order valence-electron chi connectivity index (χ1n) is 8.38. The molecule has 3 rings (SSSR count). The number of aromatic nitrogens is 2. The number of aryl methyl sites for hydroxylation is 1. The molecule has 2 aromatic rings. The van der Waals surface area contributed by atoms with Crippen molar-refractivity contribution in [2.24, 2.45) is 5.41 Å². The molecule has 1 aliphatic rings. The Kier molecular flexibility index (Phi) is 4.49. The predicted molar refractivity (Wildman–Crippen MR) is 91.9 cm³/mol. The number of halogens is 1. The van der Waals surface area contributed by atoms with Crippen LogP contribution >= 0.6 is 0 Å². The van der Waals surface area contributed by atoms with Crippen LogP contribution in [0, 0.1) is 12.3 Å². The third kappa shape index (κ3) is 3.36. The van der Waals surface area contributed by atoms with Gasteiger partial charge in [0.2, 0.25) is 11.8 Å². The van der Waals surface area contributed by atoms with E-state index in [1.54, 1.807) is 24.9 Å². The highest BCUT2D eigenvalue weighted by Crippen LogP contribution is 2.23. The van der Waals surface area contributed by atoms with Crippen molar-refractivity contribution in [2.75, 3.05) is 19.8 Å². The van der Waals surface area contributed by atoms with Gasteiger partial charge in [-0.05, 0) is 32.4 Å². The van der Waals surface area contributed by atoms with Crippen LogP contribution < -0.4 is 5.32 Å². The molecule has 0 saturated carbocycles. The summed E-state index contributed by atoms with van der Waals surface area (Å²) in [5.41, 5.74) is 1.72. The number of rotatable bonds is 5. The highest BCUT2D eigenvalue weighted by molar-refractivity contribution is 5.84. The van der Waals surface area contributed by atoms with E-state index in [0.29, 0.717) is 13.1 Å². The number of pyridine rings is 1. The van der Waals surface area contributed by atoms with Crippen molar-refractivity contribution in [1.82, 2.24) is 19.6 Å². The normalized spacial score (nSPS) is 15.3. The molecule has 0 aliphatic carbocycles. The second kappa shape index (κ2) is 6.46. The molecular weight excluding hydrogens is 323 g/mol. The lowest BCUT2D eigenvalue weighted by molar-refractivity contribution is -0.147. The van der Waals surface area contributed by atoms with Gasteiger partial charge < -0.3 is 14.6 Å². The van der Waals surface area contributed by atoms with Gasteiger partial charge in [-0.15, -0.1) is 0 Å². The fourth-order valence-electron chi connectivity index (χ4n) is 3.00. The minimum atomic E-state index is -0.997. The first-order chi connectivity index (χ1) is 11.8. The van der Waals surface area contributed by atoms with Gasteiger partial charge in [-0.3, -0.25) is 9.59 Å². The second-order valence-corrected chi connectivity index (χ2v) is 7.30. The van der Waals surface area contributed by atoms with E-state index < -0.39 is 12.1 Å². The highest BCUT2D eigenvalue weighted by atomic mass is 19.1. The summed E-state index contributed by atoms with van der Waals surface area (Å²) in [6, 6.07) is 3.83. The van der Waals surface area contributed by atoms with Gasteiger partial charge in [-0.1, -0.05) is 6.07 Å². The highest BCUT2D eigenvalue weighted by Gasteiger charge is 2.39. The van der Waals surface area contributed by atoms with E-state index in [2.05, 4.69) is 10.3 Å². The van der Waals surface area contributed by atoms with Crippen LogP contribution in [0.1, 0.15) is 25.1 Å². The summed E-state index contributed by atoms with van der Waals surface area (Å²) in [6.07, 6.45) is 3.83. The Bertz CT molecular complexity index is 809. The van der Waals surface area contributed by atoms with E-state index in [1.807, 2.05) is 29.7 Å². The molecule has 2 amide bonds. The van der Waals surface area contributed by atoms with Gasteiger partial charge in [0.25, 0.3) is 0 Å². The number of hydrogen-bond acceptors (Lipinski definition) is 3.